The topological polar surface area (TPSA) is 52.6 Å². The summed E-state index contributed by atoms with van der Waals surface area (Å²) in [6.45, 7) is 7.04. The van der Waals surface area contributed by atoms with E-state index in [1.807, 2.05) is 6.08 Å². The van der Waals surface area contributed by atoms with Crippen LogP contribution in [-0.4, -0.2) is 18.7 Å². The molecule has 0 heterocycles. The van der Waals surface area contributed by atoms with E-state index in [1.165, 1.54) is 0 Å². The van der Waals surface area contributed by atoms with Crippen LogP contribution in [0.1, 0.15) is 53.4 Å². The summed E-state index contributed by atoms with van der Waals surface area (Å²) in [4.78, 5) is 22.6. The van der Waals surface area contributed by atoms with Gasteiger partial charge in [0, 0.05) is 0 Å². The Morgan fingerprint density at radius 1 is 1.11 bits per heavy atom. The molecule has 0 aromatic rings. The number of carbonyl (C=O) groups is 2. The van der Waals surface area contributed by atoms with Crippen molar-refractivity contribution in [1.29, 1.82) is 0 Å². The number of ether oxygens (including phenoxy) is 2. The van der Waals surface area contributed by atoms with Gasteiger partial charge in [-0.2, -0.15) is 0 Å². The second-order valence-corrected chi connectivity index (χ2v) is 5.13. The van der Waals surface area contributed by atoms with Crippen molar-refractivity contribution in [3.05, 3.63) is 12.2 Å². The molecular weight excluding hydrogens is 232 g/mol. The van der Waals surface area contributed by atoms with Gasteiger partial charge in [-0.05, 0) is 27.2 Å². The smallest absolute Gasteiger partial charge is 0.314 e. The van der Waals surface area contributed by atoms with E-state index in [-0.39, 0.29) is 25.2 Å². The van der Waals surface area contributed by atoms with Crippen molar-refractivity contribution in [2.45, 2.75) is 53.4 Å². The SMILES string of the molecule is CCCCC=CCC(=O)OCOC(=O)C(C)(C)C. The summed E-state index contributed by atoms with van der Waals surface area (Å²) >= 11 is 0. The second-order valence-electron chi connectivity index (χ2n) is 5.13. The van der Waals surface area contributed by atoms with E-state index in [1.54, 1.807) is 26.8 Å². The molecule has 0 aromatic heterocycles. The van der Waals surface area contributed by atoms with E-state index < -0.39 is 5.41 Å². The van der Waals surface area contributed by atoms with Crippen molar-refractivity contribution >= 4 is 11.9 Å². The highest BCUT2D eigenvalue weighted by Crippen LogP contribution is 2.14. The first-order valence-electron chi connectivity index (χ1n) is 6.35. The highest BCUT2D eigenvalue weighted by atomic mass is 16.7. The zero-order valence-corrected chi connectivity index (χ0v) is 11.8. The molecule has 0 aliphatic heterocycles. The molecule has 0 unspecified atom stereocenters. The molecule has 0 bridgehead atoms. The quantitative estimate of drug-likeness (QED) is 0.304. The van der Waals surface area contributed by atoms with Gasteiger partial charge in [0.15, 0.2) is 0 Å². The van der Waals surface area contributed by atoms with Gasteiger partial charge in [0.1, 0.15) is 0 Å². The van der Waals surface area contributed by atoms with Crippen molar-refractivity contribution in [3.8, 4) is 0 Å². The molecule has 18 heavy (non-hydrogen) atoms. The Morgan fingerprint density at radius 3 is 2.33 bits per heavy atom. The van der Waals surface area contributed by atoms with Crippen molar-refractivity contribution in [2.24, 2.45) is 5.41 Å². The lowest BCUT2D eigenvalue weighted by atomic mass is 9.98. The fourth-order valence-corrected chi connectivity index (χ4v) is 1.04. The first kappa shape index (κ1) is 16.7. The third kappa shape index (κ3) is 8.79. The summed E-state index contributed by atoms with van der Waals surface area (Å²) in [5, 5.41) is 0. The third-order valence-electron chi connectivity index (χ3n) is 2.20. The minimum absolute atomic E-state index is 0.219. The zero-order chi connectivity index (χ0) is 14.0. The van der Waals surface area contributed by atoms with Gasteiger partial charge in [-0.15, -0.1) is 0 Å². The van der Waals surface area contributed by atoms with Gasteiger partial charge in [-0.1, -0.05) is 31.9 Å². The van der Waals surface area contributed by atoms with Gasteiger partial charge < -0.3 is 9.47 Å². The average Bonchev–Trinajstić information content (AvgIpc) is 2.27. The molecule has 0 rings (SSSR count). The molecule has 0 saturated heterocycles. The van der Waals surface area contributed by atoms with Crippen molar-refractivity contribution in [2.75, 3.05) is 6.79 Å². The molecule has 0 fully saturated rings. The van der Waals surface area contributed by atoms with E-state index in [4.69, 9.17) is 9.47 Å². The first-order chi connectivity index (χ1) is 8.38. The lowest BCUT2D eigenvalue weighted by Gasteiger charge is -2.16. The van der Waals surface area contributed by atoms with E-state index in [9.17, 15) is 9.59 Å². The highest BCUT2D eigenvalue weighted by molar-refractivity contribution is 5.75. The summed E-state index contributed by atoms with van der Waals surface area (Å²) in [7, 11) is 0. The van der Waals surface area contributed by atoms with Gasteiger partial charge in [0.2, 0.25) is 6.79 Å². The van der Waals surface area contributed by atoms with Crippen LogP contribution in [0, 0.1) is 5.41 Å². The van der Waals surface area contributed by atoms with Crippen LogP contribution in [0.4, 0.5) is 0 Å². The maximum atomic E-state index is 11.4. The van der Waals surface area contributed by atoms with Crippen LogP contribution in [0.25, 0.3) is 0 Å². The van der Waals surface area contributed by atoms with Crippen LogP contribution >= 0.6 is 0 Å². The molecule has 0 saturated carbocycles. The molecular formula is C14H24O4. The molecule has 0 atom stereocenters. The Bertz CT molecular complexity index is 287. The largest absolute Gasteiger partial charge is 0.428 e. The molecule has 0 radical (unpaired) electrons. The maximum Gasteiger partial charge on any atom is 0.314 e. The van der Waals surface area contributed by atoms with Gasteiger partial charge in [0.25, 0.3) is 0 Å². The number of hydrogen-bond acceptors (Lipinski definition) is 4. The van der Waals surface area contributed by atoms with Crippen LogP contribution in [0.2, 0.25) is 0 Å². The van der Waals surface area contributed by atoms with Gasteiger partial charge in [-0.25, -0.2) is 0 Å². The van der Waals surface area contributed by atoms with E-state index in [0.717, 1.165) is 19.3 Å². The fraction of sp³-hybridized carbons (Fsp3) is 0.714. The Kier molecular flexibility index (Phi) is 8.08. The summed E-state index contributed by atoms with van der Waals surface area (Å²) in [6.07, 6.45) is 7.20. The van der Waals surface area contributed by atoms with Crippen LogP contribution in [0.15, 0.2) is 12.2 Å². The van der Waals surface area contributed by atoms with Crippen molar-refractivity contribution in [1.82, 2.24) is 0 Å². The van der Waals surface area contributed by atoms with Crippen LogP contribution in [-0.2, 0) is 19.1 Å². The lowest BCUT2D eigenvalue weighted by Crippen LogP contribution is -2.24. The van der Waals surface area contributed by atoms with Crippen LogP contribution in [0.3, 0.4) is 0 Å². The number of allylic oxidation sites excluding steroid dienone is 1. The lowest BCUT2D eigenvalue weighted by molar-refractivity contribution is -0.172. The normalized spacial score (nSPS) is 11.6. The third-order valence-corrected chi connectivity index (χ3v) is 2.20. The summed E-state index contributed by atoms with van der Waals surface area (Å²) in [6, 6.07) is 0. The minimum atomic E-state index is -0.577. The monoisotopic (exact) mass is 256 g/mol. The standard InChI is InChI=1S/C14H24O4/c1-5-6-7-8-9-10-12(15)17-11-18-13(16)14(2,3)4/h8-9H,5-7,10-11H2,1-4H3. The van der Waals surface area contributed by atoms with Gasteiger partial charge in [-0.3, -0.25) is 9.59 Å². The fourth-order valence-electron chi connectivity index (χ4n) is 1.04. The van der Waals surface area contributed by atoms with Crippen molar-refractivity contribution < 1.29 is 19.1 Å². The zero-order valence-electron chi connectivity index (χ0n) is 11.8. The van der Waals surface area contributed by atoms with Gasteiger partial charge >= 0.3 is 11.9 Å². The Hall–Kier alpha value is -1.32. The molecule has 0 aliphatic carbocycles. The average molecular weight is 256 g/mol. The molecule has 104 valence electrons. The molecule has 4 nitrogen and oxygen atoms in total. The Morgan fingerprint density at radius 2 is 1.78 bits per heavy atom. The number of carbonyl (C=O) groups excluding carboxylic acids is 2. The van der Waals surface area contributed by atoms with E-state index >= 15 is 0 Å². The molecule has 4 heteroatoms. The predicted octanol–water partition coefficient (Wildman–Crippen LogP) is 3.21. The summed E-state index contributed by atoms with van der Waals surface area (Å²) in [5.74, 6) is -0.766. The molecule has 0 N–H and O–H groups in total. The Balaban J connectivity index is 3.66. The summed E-state index contributed by atoms with van der Waals surface area (Å²) < 4.78 is 9.60. The van der Waals surface area contributed by atoms with Crippen LogP contribution in [0.5, 0.6) is 0 Å². The number of esters is 2. The first-order valence-corrected chi connectivity index (χ1v) is 6.35. The maximum absolute atomic E-state index is 11.4. The van der Waals surface area contributed by atoms with E-state index in [0.29, 0.717) is 0 Å². The highest BCUT2D eigenvalue weighted by Gasteiger charge is 2.23. The van der Waals surface area contributed by atoms with Gasteiger partial charge in [0.05, 0.1) is 11.8 Å². The van der Waals surface area contributed by atoms with Crippen LogP contribution < -0.4 is 0 Å². The minimum Gasteiger partial charge on any atom is -0.428 e. The Labute approximate surface area is 109 Å². The summed E-state index contributed by atoms with van der Waals surface area (Å²) in [5.41, 5.74) is -0.577. The molecule has 0 aliphatic rings. The number of unbranched alkanes of at least 4 members (excludes halogenated alkanes) is 2. The molecule has 0 amide bonds. The molecule has 0 aromatic carbocycles. The number of rotatable bonds is 7. The number of hydrogen-bond donors (Lipinski definition) is 0. The second kappa shape index (κ2) is 8.72. The van der Waals surface area contributed by atoms with Crippen molar-refractivity contribution in [3.63, 3.8) is 0 Å². The predicted molar refractivity (Wildman–Crippen MR) is 69.8 cm³/mol. The molecule has 0 spiro atoms. The van der Waals surface area contributed by atoms with E-state index in [2.05, 4.69) is 6.92 Å².